The van der Waals surface area contributed by atoms with Crippen molar-refractivity contribution in [2.24, 2.45) is 0 Å². The number of alkyl halides is 2. The van der Waals surface area contributed by atoms with E-state index < -0.39 is 12.4 Å². The van der Waals surface area contributed by atoms with Gasteiger partial charge in [-0.1, -0.05) is 6.07 Å². The fraction of sp³-hybridized carbons (Fsp3) is 0.286. The zero-order valence-electron chi connectivity index (χ0n) is 11.0. The fourth-order valence-electron chi connectivity index (χ4n) is 1.77. The number of benzene rings is 1. The van der Waals surface area contributed by atoms with Crippen molar-refractivity contribution in [3.63, 3.8) is 0 Å². The smallest absolute Gasteiger partial charge is 0.349 e. The number of ether oxygens (including phenoxy) is 1. The Kier molecular flexibility index (Phi) is 4.44. The zero-order valence-corrected chi connectivity index (χ0v) is 11.8. The van der Waals surface area contributed by atoms with E-state index in [1.165, 1.54) is 18.3 Å². The number of esters is 1. The van der Waals surface area contributed by atoms with E-state index >= 15 is 0 Å². The van der Waals surface area contributed by atoms with Crippen LogP contribution >= 0.6 is 11.3 Å². The van der Waals surface area contributed by atoms with Gasteiger partial charge in [0.05, 0.1) is 12.8 Å². The first-order valence-electron chi connectivity index (χ1n) is 6.04. The van der Waals surface area contributed by atoms with Crippen LogP contribution < -0.4 is 0 Å². The number of aromatic nitrogens is 1. The molecule has 3 nitrogen and oxygen atoms in total. The SMILES string of the molecule is CCOC(=O)c1cnc(-c2cc(C)cc(C(F)F)c2)s1. The molecular formula is C14H13F2NO2S. The molecule has 0 aliphatic heterocycles. The van der Waals surface area contributed by atoms with Crippen molar-refractivity contribution in [2.75, 3.05) is 6.61 Å². The van der Waals surface area contributed by atoms with Gasteiger partial charge in [0, 0.05) is 11.1 Å². The minimum atomic E-state index is -2.53. The lowest BCUT2D eigenvalue weighted by Gasteiger charge is -2.04. The largest absolute Gasteiger partial charge is 0.462 e. The minimum absolute atomic E-state index is 0.0483. The molecule has 2 aromatic rings. The number of carbonyl (C=O) groups excluding carboxylic acids is 1. The number of aryl methyl sites for hydroxylation is 1. The Balaban J connectivity index is 2.34. The van der Waals surface area contributed by atoms with Gasteiger partial charge in [0.2, 0.25) is 0 Å². The van der Waals surface area contributed by atoms with Crippen molar-refractivity contribution in [1.82, 2.24) is 4.98 Å². The summed E-state index contributed by atoms with van der Waals surface area (Å²) >= 11 is 1.13. The highest BCUT2D eigenvalue weighted by molar-refractivity contribution is 7.16. The molecule has 0 bridgehead atoms. The van der Waals surface area contributed by atoms with Gasteiger partial charge in [-0.25, -0.2) is 18.6 Å². The Bertz CT molecular complexity index is 625. The van der Waals surface area contributed by atoms with Crippen molar-refractivity contribution >= 4 is 17.3 Å². The van der Waals surface area contributed by atoms with Gasteiger partial charge in [-0.3, -0.25) is 0 Å². The number of hydrogen-bond donors (Lipinski definition) is 0. The normalized spacial score (nSPS) is 10.8. The lowest BCUT2D eigenvalue weighted by molar-refractivity contribution is 0.0532. The Morgan fingerprint density at radius 2 is 2.15 bits per heavy atom. The van der Waals surface area contributed by atoms with Crippen molar-refractivity contribution in [2.45, 2.75) is 20.3 Å². The first-order valence-corrected chi connectivity index (χ1v) is 6.86. The van der Waals surface area contributed by atoms with Gasteiger partial charge in [-0.15, -0.1) is 11.3 Å². The quantitative estimate of drug-likeness (QED) is 0.793. The molecule has 0 fully saturated rings. The van der Waals surface area contributed by atoms with Crippen molar-refractivity contribution in [3.05, 3.63) is 40.4 Å². The summed E-state index contributed by atoms with van der Waals surface area (Å²) in [7, 11) is 0. The Morgan fingerprint density at radius 3 is 2.80 bits per heavy atom. The summed E-state index contributed by atoms with van der Waals surface area (Å²) in [6.07, 6.45) is -1.12. The molecule has 20 heavy (non-hydrogen) atoms. The van der Waals surface area contributed by atoms with Gasteiger partial charge in [0.15, 0.2) is 0 Å². The predicted octanol–water partition coefficient (Wildman–Crippen LogP) is 4.23. The molecule has 0 N–H and O–H groups in total. The molecule has 0 spiro atoms. The Morgan fingerprint density at radius 1 is 1.40 bits per heavy atom. The lowest BCUT2D eigenvalue weighted by atomic mass is 10.1. The molecule has 2 rings (SSSR count). The topological polar surface area (TPSA) is 39.2 Å². The summed E-state index contributed by atoms with van der Waals surface area (Å²) in [6.45, 7) is 3.75. The monoisotopic (exact) mass is 297 g/mol. The first-order chi connectivity index (χ1) is 9.51. The van der Waals surface area contributed by atoms with E-state index in [1.54, 1.807) is 19.9 Å². The van der Waals surface area contributed by atoms with Crippen LogP contribution in [0, 0.1) is 6.92 Å². The number of rotatable bonds is 4. The second kappa shape index (κ2) is 6.09. The third-order valence-electron chi connectivity index (χ3n) is 2.58. The second-order valence-corrected chi connectivity index (χ2v) is 5.21. The molecule has 0 aliphatic rings. The fourth-order valence-corrected chi connectivity index (χ4v) is 2.56. The Labute approximate surface area is 119 Å². The number of nitrogens with zero attached hydrogens (tertiary/aromatic N) is 1. The average Bonchev–Trinajstić information content (AvgIpc) is 2.88. The maximum absolute atomic E-state index is 12.8. The van der Waals surface area contributed by atoms with Crippen LogP contribution in [0.2, 0.25) is 0 Å². The summed E-state index contributed by atoms with van der Waals surface area (Å²) in [4.78, 5) is 16.0. The summed E-state index contributed by atoms with van der Waals surface area (Å²) in [5.74, 6) is -0.446. The van der Waals surface area contributed by atoms with Crippen LogP contribution in [0.1, 0.15) is 34.1 Å². The van der Waals surface area contributed by atoms with Crippen LogP contribution in [0.4, 0.5) is 8.78 Å². The molecule has 0 saturated heterocycles. The molecule has 106 valence electrons. The zero-order chi connectivity index (χ0) is 14.7. The van der Waals surface area contributed by atoms with E-state index in [1.807, 2.05) is 0 Å². The van der Waals surface area contributed by atoms with Crippen molar-refractivity contribution in [1.29, 1.82) is 0 Å². The first kappa shape index (κ1) is 14.6. The molecule has 0 unspecified atom stereocenters. The van der Waals surface area contributed by atoms with Crippen LogP contribution in [0.3, 0.4) is 0 Å². The van der Waals surface area contributed by atoms with E-state index in [0.29, 0.717) is 15.4 Å². The van der Waals surface area contributed by atoms with Crippen molar-refractivity contribution in [3.8, 4) is 10.6 Å². The minimum Gasteiger partial charge on any atom is -0.462 e. The number of carbonyl (C=O) groups is 1. The number of thiazole rings is 1. The molecule has 0 aliphatic carbocycles. The lowest BCUT2D eigenvalue weighted by Crippen LogP contribution is -2.01. The third-order valence-corrected chi connectivity index (χ3v) is 3.61. The maximum atomic E-state index is 12.8. The molecule has 0 amide bonds. The van der Waals surface area contributed by atoms with Gasteiger partial charge >= 0.3 is 5.97 Å². The van der Waals surface area contributed by atoms with E-state index in [2.05, 4.69) is 4.98 Å². The second-order valence-electron chi connectivity index (χ2n) is 4.18. The van der Waals surface area contributed by atoms with Gasteiger partial charge < -0.3 is 4.74 Å². The highest BCUT2D eigenvalue weighted by Crippen LogP contribution is 2.30. The van der Waals surface area contributed by atoms with E-state index in [4.69, 9.17) is 4.74 Å². The molecule has 6 heteroatoms. The highest BCUT2D eigenvalue weighted by atomic mass is 32.1. The third kappa shape index (κ3) is 3.19. The van der Waals surface area contributed by atoms with Gasteiger partial charge in [0.1, 0.15) is 9.88 Å². The standard InChI is InChI=1S/C14H13F2NO2S/c1-3-19-14(18)11-7-17-13(20-11)10-5-8(2)4-9(6-10)12(15)16/h4-7,12H,3H2,1-2H3. The van der Waals surface area contributed by atoms with Gasteiger partial charge in [-0.05, 0) is 31.5 Å². The van der Waals surface area contributed by atoms with Gasteiger partial charge in [0.25, 0.3) is 6.43 Å². The number of hydrogen-bond acceptors (Lipinski definition) is 4. The molecule has 0 atom stereocenters. The van der Waals surface area contributed by atoms with Crippen LogP contribution in [-0.4, -0.2) is 17.6 Å². The van der Waals surface area contributed by atoms with Crippen LogP contribution in [0.5, 0.6) is 0 Å². The molecular weight excluding hydrogens is 284 g/mol. The van der Waals surface area contributed by atoms with Crippen molar-refractivity contribution < 1.29 is 18.3 Å². The average molecular weight is 297 g/mol. The molecule has 1 heterocycles. The molecule has 1 aromatic carbocycles. The van der Waals surface area contributed by atoms with Crippen LogP contribution in [0.25, 0.3) is 10.6 Å². The highest BCUT2D eigenvalue weighted by Gasteiger charge is 2.15. The predicted molar refractivity (Wildman–Crippen MR) is 73.2 cm³/mol. The summed E-state index contributed by atoms with van der Waals surface area (Å²) in [6, 6.07) is 4.60. The maximum Gasteiger partial charge on any atom is 0.349 e. The van der Waals surface area contributed by atoms with Gasteiger partial charge in [-0.2, -0.15) is 0 Å². The summed E-state index contributed by atoms with van der Waals surface area (Å²) in [5, 5.41) is 0.527. The van der Waals surface area contributed by atoms with E-state index in [0.717, 1.165) is 16.9 Å². The van der Waals surface area contributed by atoms with Crippen LogP contribution in [-0.2, 0) is 4.74 Å². The summed E-state index contributed by atoms with van der Waals surface area (Å²) < 4.78 is 30.4. The molecule has 1 aromatic heterocycles. The number of halogens is 2. The van der Waals surface area contributed by atoms with E-state index in [9.17, 15) is 13.6 Å². The molecule has 0 radical (unpaired) electrons. The van der Waals surface area contributed by atoms with Crippen LogP contribution in [0.15, 0.2) is 24.4 Å². The Hall–Kier alpha value is -1.82. The summed E-state index contributed by atoms with van der Waals surface area (Å²) in [5.41, 5.74) is 1.26. The molecule has 0 saturated carbocycles. The van der Waals surface area contributed by atoms with E-state index in [-0.39, 0.29) is 12.2 Å².